The van der Waals surface area contributed by atoms with Gasteiger partial charge < -0.3 is 15.5 Å². The van der Waals surface area contributed by atoms with Crippen molar-refractivity contribution in [2.45, 2.75) is 6.04 Å². The number of amides is 2. The molecule has 2 N–H and O–H groups in total. The molecule has 0 spiro atoms. The Balaban J connectivity index is 1.65. The van der Waals surface area contributed by atoms with Crippen LogP contribution in [0.5, 0.6) is 0 Å². The van der Waals surface area contributed by atoms with E-state index in [0.717, 1.165) is 37.4 Å². The summed E-state index contributed by atoms with van der Waals surface area (Å²) >= 11 is 0. The molecule has 26 heavy (non-hydrogen) atoms. The molecule has 6 heteroatoms. The lowest BCUT2D eigenvalue weighted by Crippen LogP contribution is -2.48. The van der Waals surface area contributed by atoms with Gasteiger partial charge in [-0.2, -0.15) is 0 Å². The third-order valence-electron chi connectivity index (χ3n) is 4.72. The van der Waals surface area contributed by atoms with Gasteiger partial charge in [0.25, 0.3) is 0 Å². The van der Waals surface area contributed by atoms with Gasteiger partial charge in [-0.3, -0.25) is 4.90 Å². The van der Waals surface area contributed by atoms with Crippen LogP contribution in [0.3, 0.4) is 0 Å². The number of piperazine rings is 1. The predicted molar refractivity (Wildman–Crippen MR) is 102 cm³/mol. The molecule has 0 bridgehead atoms. The Kier molecular flexibility index (Phi) is 6.20. The Hall–Kier alpha value is -2.44. The van der Waals surface area contributed by atoms with Crippen molar-refractivity contribution in [2.75, 3.05) is 45.1 Å². The number of para-hydroxylation sites is 1. The third kappa shape index (κ3) is 5.03. The van der Waals surface area contributed by atoms with E-state index >= 15 is 0 Å². The summed E-state index contributed by atoms with van der Waals surface area (Å²) in [5, 5.41) is 5.78. The van der Waals surface area contributed by atoms with Gasteiger partial charge in [0.2, 0.25) is 0 Å². The van der Waals surface area contributed by atoms with Gasteiger partial charge in [-0.15, -0.1) is 0 Å². The fourth-order valence-electron chi connectivity index (χ4n) is 3.16. The maximum Gasteiger partial charge on any atom is 0.319 e. The molecule has 1 atom stereocenters. The molecule has 5 nitrogen and oxygen atoms in total. The highest BCUT2D eigenvalue weighted by Gasteiger charge is 2.24. The van der Waals surface area contributed by atoms with Crippen LogP contribution in [0.15, 0.2) is 54.6 Å². The lowest BCUT2D eigenvalue weighted by molar-refractivity contribution is 0.111. The van der Waals surface area contributed by atoms with Crippen molar-refractivity contribution in [1.82, 2.24) is 15.1 Å². The van der Waals surface area contributed by atoms with Crippen LogP contribution in [0.1, 0.15) is 11.6 Å². The Bertz CT molecular complexity index is 700. The van der Waals surface area contributed by atoms with Crippen LogP contribution in [0, 0.1) is 5.82 Å². The van der Waals surface area contributed by atoms with Gasteiger partial charge in [0.15, 0.2) is 0 Å². The molecule has 0 radical (unpaired) electrons. The van der Waals surface area contributed by atoms with Crippen molar-refractivity contribution < 1.29 is 9.18 Å². The lowest BCUT2D eigenvalue weighted by Gasteiger charge is -2.38. The summed E-state index contributed by atoms with van der Waals surface area (Å²) in [6.07, 6.45) is 0. The number of anilines is 1. The van der Waals surface area contributed by atoms with Gasteiger partial charge in [0, 0.05) is 38.4 Å². The second-order valence-electron chi connectivity index (χ2n) is 6.61. The summed E-state index contributed by atoms with van der Waals surface area (Å²) in [5.41, 5.74) is 1.76. The van der Waals surface area contributed by atoms with Crippen molar-refractivity contribution in [2.24, 2.45) is 0 Å². The molecule has 0 aromatic heterocycles. The standard InChI is InChI=1S/C20H25FN4O/c1-24-11-13-25(14-12-24)19(16-7-9-17(21)10-8-16)15-22-20(26)23-18-5-3-2-4-6-18/h2-10,19H,11-15H2,1H3,(H2,22,23,26). The molecule has 1 saturated heterocycles. The molecule has 2 amide bonds. The molecule has 0 aliphatic carbocycles. The molecule has 1 aliphatic heterocycles. The first-order chi connectivity index (χ1) is 12.6. The molecule has 2 aromatic carbocycles. The van der Waals surface area contributed by atoms with Gasteiger partial charge in [-0.05, 0) is 36.9 Å². The number of urea groups is 1. The number of carbonyl (C=O) groups is 1. The summed E-state index contributed by atoms with van der Waals surface area (Å²) in [6.45, 7) is 4.26. The van der Waals surface area contributed by atoms with Crippen molar-refractivity contribution in [3.8, 4) is 0 Å². The maximum atomic E-state index is 13.3. The van der Waals surface area contributed by atoms with Crippen molar-refractivity contribution >= 4 is 11.7 Å². The van der Waals surface area contributed by atoms with E-state index in [0.29, 0.717) is 6.54 Å². The minimum Gasteiger partial charge on any atom is -0.336 e. The first-order valence-electron chi connectivity index (χ1n) is 8.90. The summed E-state index contributed by atoms with van der Waals surface area (Å²) in [4.78, 5) is 16.9. The number of rotatable bonds is 5. The summed E-state index contributed by atoms with van der Waals surface area (Å²) in [7, 11) is 2.11. The smallest absolute Gasteiger partial charge is 0.319 e. The number of carbonyl (C=O) groups excluding carboxylic acids is 1. The van der Waals surface area contributed by atoms with E-state index in [1.165, 1.54) is 12.1 Å². The fourth-order valence-corrected chi connectivity index (χ4v) is 3.16. The number of nitrogens with zero attached hydrogens (tertiary/aromatic N) is 2. The van der Waals surface area contributed by atoms with E-state index in [-0.39, 0.29) is 17.9 Å². The quantitative estimate of drug-likeness (QED) is 0.866. The number of halogens is 1. The molecular formula is C20H25FN4O. The SMILES string of the molecule is CN1CCN(C(CNC(=O)Nc2ccccc2)c2ccc(F)cc2)CC1. The van der Waals surface area contributed by atoms with Crippen LogP contribution >= 0.6 is 0 Å². The van der Waals surface area contributed by atoms with Gasteiger partial charge in [-0.25, -0.2) is 9.18 Å². The van der Waals surface area contributed by atoms with Crippen LogP contribution in [0.2, 0.25) is 0 Å². The number of hydrogen-bond acceptors (Lipinski definition) is 3. The van der Waals surface area contributed by atoms with Crippen molar-refractivity contribution in [3.63, 3.8) is 0 Å². The molecule has 1 aliphatic rings. The first-order valence-corrected chi connectivity index (χ1v) is 8.90. The second-order valence-corrected chi connectivity index (χ2v) is 6.61. The maximum absolute atomic E-state index is 13.3. The van der Waals surface area contributed by atoms with E-state index in [4.69, 9.17) is 0 Å². The zero-order valence-electron chi connectivity index (χ0n) is 15.0. The number of nitrogens with one attached hydrogen (secondary N) is 2. The summed E-state index contributed by atoms with van der Waals surface area (Å²) in [5.74, 6) is -0.249. The highest BCUT2D eigenvalue weighted by molar-refractivity contribution is 5.89. The largest absolute Gasteiger partial charge is 0.336 e. The van der Waals surface area contributed by atoms with Gasteiger partial charge in [0.05, 0.1) is 6.04 Å². The molecule has 1 heterocycles. The predicted octanol–water partition coefficient (Wildman–Crippen LogP) is 2.94. The molecule has 1 unspecified atom stereocenters. The van der Waals surface area contributed by atoms with E-state index < -0.39 is 0 Å². The Morgan fingerprint density at radius 3 is 2.35 bits per heavy atom. The first kappa shape index (κ1) is 18.4. The minimum absolute atomic E-state index is 0.0193. The Labute approximate surface area is 153 Å². The monoisotopic (exact) mass is 356 g/mol. The Morgan fingerprint density at radius 1 is 1.04 bits per heavy atom. The van der Waals surface area contributed by atoms with Gasteiger partial charge >= 0.3 is 6.03 Å². The zero-order valence-corrected chi connectivity index (χ0v) is 15.0. The third-order valence-corrected chi connectivity index (χ3v) is 4.72. The second kappa shape index (κ2) is 8.78. The van der Waals surface area contributed by atoms with Crippen LogP contribution in [0.25, 0.3) is 0 Å². The lowest BCUT2D eigenvalue weighted by atomic mass is 10.0. The van der Waals surface area contributed by atoms with Crippen LogP contribution in [0.4, 0.5) is 14.9 Å². The molecule has 0 saturated carbocycles. The number of hydrogen-bond donors (Lipinski definition) is 2. The van der Waals surface area contributed by atoms with E-state index in [1.807, 2.05) is 30.3 Å². The highest BCUT2D eigenvalue weighted by Crippen LogP contribution is 2.22. The molecular weight excluding hydrogens is 331 g/mol. The molecule has 2 aromatic rings. The van der Waals surface area contributed by atoms with Gasteiger partial charge in [0.1, 0.15) is 5.82 Å². The summed E-state index contributed by atoms with van der Waals surface area (Å²) < 4.78 is 13.3. The zero-order chi connectivity index (χ0) is 18.4. The van der Waals surface area contributed by atoms with Crippen molar-refractivity contribution in [1.29, 1.82) is 0 Å². The molecule has 1 fully saturated rings. The fraction of sp³-hybridized carbons (Fsp3) is 0.350. The molecule has 3 rings (SSSR count). The van der Waals surface area contributed by atoms with Crippen LogP contribution < -0.4 is 10.6 Å². The number of likely N-dealkylation sites (N-methyl/N-ethyl adjacent to an activating group) is 1. The minimum atomic E-state index is -0.249. The van der Waals surface area contributed by atoms with Crippen LogP contribution in [-0.4, -0.2) is 55.6 Å². The van der Waals surface area contributed by atoms with Gasteiger partial charge in [-0.1, -0.05) is 30.3 Å². The number of benzene rings is 2. The topological polar surface area (TPSA) is 47.6 Å². The normalized spacial score (nSPS) is 16.8. The van der Waals surface area contributed by atoms with E-state index in [2.05, 4.69) is 27.5 Å². The average Bonchev–Trinajstić information content (AvgIpc) is 2.65. The summed E-state index contributed by atoms with van der Waals surface area (Å²) in [6, 6.07) is 15.7. The van der Waals surface area contributed by atoms with E-state index in [9.17, 15) is 9.18 Å². The van der Waals surface area contributed by atoms with Crippen LogP contribution in [-0.2, 0) is 0 Å². The van der Waals surface area contributed by atoms with E-state index in [1.54, 1.807) is 12.1 Å². The average molecular weight is 356 g/mol. The highest BCUT2D eigenvalue weighted by atomic mass is 19.1. The Morgan fingerprint density at radius 2 is 1.69 bits per heavy atom. The molecule has 138 valence electrons. The van der Waals surface area contributed by atoms with Crippen molar-refractivity contribution in [3.05, 3.63) is 66.0 Å².